The first-order valence-corrected chi connectivity index (χ1v) is 5.47. The molecule has 10 heavy (non-hydrogen) atoms. The Bertz CT molecular complexity index is 206. The highest BCUT2D eigenvalue weighted by molar-refractivity contribution is 7.92. The lowest BCUT2D eigenvalue weighted by molar-refractivity contribution is 0.461. The molecule has 0 unspecified atom stereocenters. The molecule has 2 atom stereocenters. The maximum absolute atomic E-state index is 11.2. The van der Waals surface area contributed by atoms with Gasteiger partial charge in [-0.2, -0.15) is 0 Å². The maximum Gasteiger partial charge on any atom is 0.153 e. The van der Waals surface area contributed by atoms with E-state index >= 15 is 0 Å². The molecule has 0 N–H and O–H groups in total. The first kappa shape index (κ1) is 8.05. The van der Waals surface area contributed by atoms with Gasteiger partial charge in [-0.05, 0) is 25.7 Å². The standard InChI is InChI=1S/C7H14O2S/c1-6-4-3-5-10(8,9)7(6)2/h6-7H,3-5H2,1-2H3/t6-,7+/m0/s1. The minimum Gasteiger partial charge on any atom is -0.229 e. The summed E-state index contributed by atoms with van der Waals surface area (Å²) < 4.78 is 22.4. The van der Waals surface area contributed by atoms with Crippen molar-refractivity contribution in [3.05, 3.63) is 0 Å². The van der Waals surface area contributed by atoms with Gasteiger partial charge in [-0.15, -0.1) is 0 Å². The third kappa shape index (κ3) is 1.34. The molecule has 1 aliphatic heterocycles. The Hall–Kier alpha value is -0.0500. The quantitative estimate of drug-likeness (QED) is 0.536. The van der Waals surface area contributed by atoms with E-state index in [9.17, 15) is 8.42 Å². The molecular weight excluding hydrogens is 148 g/mol. The highest BCUT2D eigenvalue weighted by Crippen LogP contribution is 2.24. The van der Waals surface area contributed by atoms with Crippen LogP contribution >= 0.6 is 0 Å². The molecule has 0 aromatic carbocycles. The number of hydrogen-bond donors (Lipinski definition) is 0. The van der Waals surface area contributed by atoms with E-state index in [1.807, 2.05) is 13.8 Å². The Kier molecular flexibility index (Phi) is 2.04. The number of hydrogen-bond acceptors (Lipinski definition) is 2. The van der Waals surface area contributed by atoms with Crippen LogP contribution in [-0.4, -0.2) is 19.4 Å². The summed E-state index contributed by atoms with van der Waals surface area (Å²) in [7, 11) is -2.71. The summed E-state index contributed by atoms with van der Waals surface area (Å²) in [6.07, 6.45) is 1.92. The van der Waals surface area contributed by atoms with Gasteiger partial charge < -0.3 is 0 Å². The predicted molar refractivity (Wildman–Crippen MR) is 41.6 cm³/mol. The molecule has 3 heteroatoms. The molecule has 60 valence electrons. The average Bonchev–Trinajstić information content (AvgIpc) is 1.83. The van der Waals surface area contributed by atoms with Crippen molar-refractivity contribution in [2.24, 2.45) is 5.92 Å². The smallest absolute Gasteiger partial charge is 0.153 e. The average molecular weight is 162 g/mol. The van der Waals surface area contributed by atoms with E-state index in [0.717, 1.165) is 12.8 Å². The molecule has 1 aliphatic rings. The van der Waals surface area contributed by atoms with Crippen molar-refractivity contribution in [1.29, 1.82) is 0 Å². The minimum atomic E-state index is -2.71. The van der Waals surface area contributed by atoms with Crippen LogP contribution in [0.15, 0.2) is 0 Å². The van der Waals surface area contributed by atoms with Gasteiger partial charge in [0.1, 0.15) is 0 Å². The van der Waals surface area contributed by atoms with Crippen molar-refractivity contribution < 1.29 is 8.42 Å². The molecule has 0 aromatic rings. The van der Waals surface area contributed by atoms with Gasteiger partial charge in [-0.1, -0.05) is 6.92 Å². The zero-order chi connectivity index (χ0) is 7.78. The highest BCUT2D eigenvalue weighted by atomic mass is 32.2. The number of rotatable bonds is 0. The lowest BCUT2D eigenvalue weighted by Gasteiger charge is -2.24. The van der Waals surface area contributed by atoms with Crippen molar-refractivity contribution in [2.75, 3.05) is 5.75 Å². The molecule has 0 aromatic heterocycles. The lowest BCUT2D eigenvalue weighted by atomic mass is 10.0. The second-order valence-electron chi connectivity index (χ2n) is 3.19. The first-order valence-electron chi connectivity index (χ1n) is 3.75. The lowest BCUT2D eigenvalue weighted by Crippen LogP contribution is -2.32. The van der Waals surface area contributed by atoms with Crippen LogP contribution in [0, 0.1) is 5.92 Å². The Labute approximate surface area is 62.5 Å². The van der Waals surface area contributed by atoms with Gasteiger partial charge >= 0.3 is 0 Å². The summed E-state index contributed by atoms with van der Waals surface area (Å²) in [5, 5.41) is -0.110. The van der Waals surface area contributed by atoms with Crippen LogP contribution in [0.3, 0.4) is 0 Å². The van der Waals surface area contributed by atoms with Crippen LogP contribution in [0.2, 0.25) is 0 Å². The third-order valence-corrected chi connectivity index (χ3v) is 4.91. The van der Waals surface area contributed by atoms with E-state index < -0.39 is 9.84 Å². The SMILES string of the molecule is C[C@@H]1[C@@H](C)CCCS1(=O)=O. The van der Waals surface area contributed by atoms with Gasteiger partial charge in [0.25, 0.3) is 0 Å². The van der Waals surface area contributed by atoms with Gasteiger partial charge in [-0.3, -0.25) is 0 Å². The summed E-state index contributed by atoms with van der Waals surface area (Å²) in [6.45, 7) is 3.83. The highest BCUT2D eigenvalue weighted by Gasteiger charge is 2.29. The molecule has 1 fully saturated rings. The van der Waals surface area contributed by atoms with Gasteiger partial charge in [0.15, 0.2) is 9.84 Å². The molecule has 0 saturated carbocycles. The predicted octanol–water partition coefficient (Wildman–Crippen LogP) is 1.22. The minimum absolute atomic E-state index is 0.110. The third-order valence-electron chi connectivity index (χ3n) is 2.46. The molecule has 2 nitrogen and oxygen atoms in total. The molecule has 0 amide bonds. The van der Waals surface area contributed by atoms with Crippen LogP contribution < -0.4 is 0 Å². The fourth-order valence-corrected chi connectivity index (χ4v) is 3.17. The molecule has 1 rings (SSSR count). The van der Waals surface area contributed by atoms with Crippen LogP contribution in [0.1, 0.15) is 26.7 Å². The molecule has 0 bridgehead atoms. The zero-order valence-electron chi connectivity index (χ0n) is 6.50. The van der Waals surface area contributed by atoms with Gasteiger partial charge in [-0.25, -0.2) is 8.42 Å². The normalized spacial score (nSPS) is 39.4. The first-order chi connectivity index (χ1) is 4.54. The maximum atomic E-state index is 11.2. The van der Waals surface area contributed by atoms with E-state index in [1.165, 1.54) is 0 Å². The molecular formula is C7H14O2S. The summed E-state index contributed by atoms with van der Waals surface area (Å²) >= 11 is 0. The Morgan fingerprint density at radius 3 is 2.30 bits per heavy atom. The fourth-order valence-electron chi connectivity index (χ4n) is 1.38. The van der Waals surface area contributed by atoms with Crippen molar-refractivity contribution in [3.8, 4) is 0 Å². The van der Waals surface area contributed by atoms with Crippen molar-refractivity contribution >= 4 is 9.84 Å². The van der Waals surface area contributed by atoms with Crippen LogP contribution in [-0.2, 0) is 9.84 Å². The van der Waals surface area contributed by atoms with Gasteiger partial charge in [0.05, 0.1) is 11.0 Å². The fraction of sp³-hybridized carbons (Fsp3) is 1.00. The van der Waals surface area contributed by atoms with Crippen molar-refractivity contribution in [2.45, 2.75) is 31.9 Å². The largest absolute Gasteiger partial charge is 0.229 e. The molecule has 0 spiro atoms. The molecule has 1 saturated heterocycles. The van der Waals surface area contributed by atoms with Crippen molar-refractivity contribution in [3.63, 3.8) is 0 Å². The Morgan fingerprint density at radius 1 is 1.30 bits per heavy atom. The second-order valence-corrected chi connectivity index (χ2v) is 5.67. The Morgan fingerprint density at radius 2 is 1.90 bits per heavy atom. The molecule has 0 radical (unpaired) electrons. The monoisotopic (exact) mass is 162 g/mol. The van der Waals surface area contributed by atoms with E-state index in [0.29, 0.717) is 11.7 Å². The van der Waals surface area contributed by atoms with Crippen molar-refractivity contribution in [1.82, 2.24) is 0 Å². The summed E-state index contributed by atoms with van der Waals surface area (Å²) in [6, 6.07) is 0. The zero-order valence-corrected chi connectivity index (χ0v) is 7.32. The van der Waals surface area contributed by atoms with Crippen LogP contribution in [0.5, 0.6) is 0 Å². The molecule has 0 aliphatic carbocycles. The van der Waals surface area contributed by atoms with E-state index in [-0.39, 0.29) is 5.25 Å². The van der Waals surface area contributed by atoms with Crippen LogP contribution in [0.25, 0.3) is 0 Å². The summed E-state index contributed by atoms with van der Waals surface area (Å²) in [4.78, 5) is 0. The van der Waals surface area contributed by atoms with Gasteiger partial charge in [0.2, 0.25) is 0 Å². The summed E-state index contributed by atoms with van der Waals surface area (Å²) in [5.41, 5.74) is 0. The number of sulfone groups is 1. The van der Waals surface area contributed by atoms with Gasteiger partial charge in [0, 0.05) is 0 Å². The Balaban J connectivity index is 2.80. The van der Waals surface area contributed by atoms with E-state index in [2.05, 4.69) is 0 Å². The topological polar surface area (TPSA) is 34.1 Å². The van der Waals surface area contributed by atoms with Crippen LogP contribution in [0.4, 0.5) is 0 Å². The molecule has 1 heterocycles. The summed E-state index contributed by atoms with van der Waals surface area (Å²) in [5.74, 6) is 0.761. The second kappa shape index (κ2) is 2.53. The van der Waals surface area contributed by atoms with E-state index in [1.54, 1.807) is 0 Å². The van der Waals surface area contributed by atoms with E-state index in [4.69, 9.17) is 0 Å².